The Morgan fingerprint density at radius 1 is 0.864 bits per heavy atom. The summed E-state index contributed by atoms with van der Waals surface area (Å²) in [7, 11) is -1.38. The Bertz CT molecular complexity index is 1700. The molecule has 0 aliphatic heterocycles. The van der Waals surface area contributed by atoms with Gasteiger partial charge in [-0.2, -0.15) is 0 Å². The van der Waals surface area contributed by atoms with E-state index < -0.39 is 40.2 Å². The van der Waals surface area contributed by atoms with Gasteiger partial charge in [-0.25, -0.2) is 12.8 Å². The first-order valence-electron chi connectivity index (χ1n) is 14.1. The molecular weight excluding hydrogens is 581 g/mol. The Morgan fingerprint density at radius 3 is 2.11 bits per heavy atom. The summed E-state index contributed by atoms with van der Waals surface area (Å²) in [5.74, 6) is -1.24. The summed E-state index contributed by atoms with van der Waals surface area (Å²) in [5.41, 5.74) is 3.19. The summed E-state index contributed by atoms with van der Waals surface area (Å²) < 4.78 is 48.7. The number of hydrogen-bond donors (Lipinski definition) is 1. The van der Waals surface area contributed by atoms with Gasteiger partial charge < -0.3 is 15.0 Å². The number of sulfonamides is 1. The third-order valence-electron chi connectivity index (χ3n) is 7.27. The van der Waals surface area contributed by atoms with Crippen molar-refractivity contribution in [3.8, 4) is 5.75 Å². The second kappa shape index (κ2) is 14.2. The molecule has 0 aromatic heterocycles. The van der Waals surface area contributed by atoms with Crippen LogP contribution in [-0.2, 0) is 32.6 Å². The minimum atomic E-state index is -4.28. The van der Waals surface area contributed by atoms with Crippen LogP contribution in [0.15, 0.2) is 102 Å². The van der Waals surface area contributed by atoms with E-state index in [0.29, 0.717) is 5.56 Å². The van der Waals surface area contributed by atoms with E-state index in [0.717, 1.165) is 21.0 Å². The molecule has 4 aromatic carbocycles. The Hall–Kier alpha value is -4.70. The van der Waals surface area contributed by atoms with E-state index in [9.17, 15) is 22.4 Å². The zero-order chi connectivity index (χ0) is 31.9. The molecular formula is C34H36FN3O5S. The summed E-state index contributed by atoms with van der Waals surface area (Å²) in [5, 5.41) is 2.64. The molecule has 0 saturated carbocycles. The number of ether oxygens (including phenoxy) is 1. The molecule has 0 saturated heterocycles. The average Bonchev–Trinajstić information content (AvgIpc) is 3.02. The van der Waals surface area contributed by atoms with E-state index in [1.54, 1.807) is 30.3 Å². The monoisotopic (exact) mass is 617 g/mol. The topological polar surface area (TPSA) is 96.0 Å². The van der Waals surface area contributed by atoms with Gasteiger partial charge in [0.05, 0.1) is 17.7 Å². The summed E-state index contributed by atoms with van der Waals surface area (Å²) in [6.07, 6.45) is 0.173. The second-order valence-electron chi connectivity index (χ2n) is 10.5. The maximum absolute atomic E-state index is 14.4. The van der Waals surface area contributed by atoms with Gasteiger partial charge in [-0.05, 0) is 66.9 Å². The van der Waals surface area contributed by atoms with Crippen molar-refractivity contribution < 1.29 is 27.1 Å². The Kier molecular flexibility index (Phi) is 10.4. The van der Waals surface area contributed by atoms with Gasteiger partial charge in [0.1, 0.15) is 24.2 Å². The molecule has 0 aliphatic carbocycles. The number of anilines is 1. The Morgan fingerprint density at radius 2 is 1.50 bits per heavy atom. The number of nitrogens with one attached hydrogen (secondary N) is 1. The average molecular weight is 618 g/mol. The lowest BCUT2D eigenvalue weighted by atomic mass is 10.0. The quantitative estimate of drug-likeness (QED) is 0.241. The molecule has 0 fully saturated rings. The largest absolute Gasteiger partial charge is 0.495 e. The SMILES string of the molecule is CNC(=O)C(Cc1ccccc1)N(Cc1ccc(F)cc1)C(=O)CN(c1cc(C)ccc1OC)S(=O)(=O)c1ccc(C)cc1. The van der Waals surface area contributed by atoms with E-state index in [1.807, 2.05) is 44.2 Å². The smallest absolute Gasteiger partial charge is 0.264 e. The number of rotatable bonds is 12. The highest BCUT2D eigenvalue weighted by Crippen LogP contribution is 2.34. The molecule has 1 atom stereocenters. The number of hydrogen-bond acceptors (Lipinski definition) is 5. The molecule has 0 spiro atoms. The molecule has 44 heavy (non-hydrogen) atoms. The fourth-order valence-electron chi connectivity index (χ4n) is 4.85. The van der Waals surface area contributed by atoms with Crippen molar-refractivity contribution in [2.75, 3.05) is 25.0 Å². The third-order valence-corrected chi connectivity index (χ3v) is 9.05. The van der Waals surface area contributed by atoms with Crippen LogP contribution < -0.4 is 14.4 Å². The highest BCUT2D eigenvalue weighted by molar-refractivity contribution is 7.92. The normalized spacial score (nSPS) is 11.8. The fourth-order valence-corrected chi connectivity index (χ4v) is 6.27. The number of benzene rings is 4. The van der Waals surface area contributed by atoms with Gasteiger partial charge >= 0.3 is 0 Å². The zero-order valence-corrected chi connectivity index (χ0v) is 26.0. The lowest BCUT2D eigenvalue weighted by Gasteiger charge is -2.34. The van der Waals surface area contributed by atoms with Gasteiger partial charge in [0.15, 0.2) is 0 Å². The summed E-state index contributed by atoms with van der Waals surface area (Å²) in [6.45, 7) is 2.97. The predicted molar refractivity (Wildman–Crippen MR) is 168 cm³/mol. The lowest BCUT2D eigenvalue weighted by molar-refractivity contribution is -0.139. The molecule has 0 radical (unpaired) electrons. The van der Waals surface area contributed by atoms with Gasteiger partial charge in [-0.3, -0.25) is 13.9 Å². The van der Waals surface area contributed by atoms with E-state index >= 15 is 0 Å². The first-order chi connectivity index (χ1) is 21.0. The van der Waals surface area contributed by atoms with Gasteiger partial charge in [-0.15, -0.1) is 0 Å². The standard InChI is InChI=1S/C34H36FN3O5S/c1-24-10-17-29(18-11-24)44(41,42)38(30-20-25(2)12-19-32(30)43-4)23-33(39)37(22-27-13-15-28(35)16-14-27)31(34(40)36-3)21-26-8-6-5-7-9-26/h5-20,31H,21-23H2,1-4H3,(H,36,40). The maximum atomic E-state index is 14.4. The number of amides is 2. The van der Waals surface area contributed by atoms with Crippen molar-refractivity contribution in [1.29, 1.82) is 0 Å². The van der Waals surface area contributed by atoms with E-state index in [1.165, 1.54) is 55.5 Å². The molecule has 0 heterocycles. The van der Waals surface area contributed by atoms with Gasteiger partial charge in [0, 0.05) is 20.0 Å². The summed E-state index contributed by atoms with van der Waals surface area (Å²) >= 11 is 0. The van der Waals surface area contributed by atoms with Crippen molar-refractivity contribution in [2.45, 2.75) is 37.8 Å². The number of methoxy groups -OCH3 is 1. The number of aryl methyl sites for hydroxylation is 2. The number of nitrogens with zero attached hydrogens (tertiary/aromatic N) is 2. The lowest BCUT2D eigenvalue weighted by Crippen LogP contribution is -2.53. The van der Waals surface area contributed by atoms with Crippen LogP contribution in [0.25, 0.3) is 0 Å². The molecule has 1 unspecified atom stereocenters. The first-order valence-corrected chi connectivity index (χ1v) is 15.5. The molecule has 10 heteroatoms. The number of halogens is 1. The van der Waals surface area contributed by atoms with E-state index in [-0.39, 0.29) is 29.3 Å². The number of carbonyl (C=O) groups is 2. The third kappa shape index (κ3) is 7.62. The van der Waals surface area contributed by atoms with Crippen molar-refractivity contribution in [2.24, 2.45) is 0 Å². The highest BCUT2D eigenvalue weighted by atomic mass is 32.2. The van der Waals surface area contributed by atoms with Crippen LogP contribution in [-0.4, -0.2) is 51.9 Å². The van der Waals surface area contributed by atoms with Crippen LogP contribution >= 0.6 is 0 Å². The molecule has 2 amide bonds. The van der Waals surface area contributed by atoms with Crippen molar-refractivity contribution in [1.82, 2.24) is 10.2 Å². The molecule has 230 valence electrons. The van der Waals surface area contributed by atoms with Crippen LogP contribution in [0.5, 0.6) is 5.75 Å². The van der Waals surface area contributed by atoms with Crippen molar-refractivity contribution in [3.05, 3.63) is 125 Å². The second-order valence-corrected chi connectivity index (χ2v) is 12.3. The Balaban J connectivity index is 1.83. The zero-order valence-electron chi connectivity index (χ0n) is 25.2. The molecule has 4 aromatic rings. The fraction of sp³-hybridized carbons (Fsp3) is 0.235. The predicted octanol–water partition coefficient (Wildman–Crippen LogP) is 5.03. The molecule has 1 N–H and O–H groups in total. The van der Waals surface area contributed by atoms with Crippen LogP contribution in [0.2, 0.25) is 0 Å². The highest BCUT2D eigenvalue weighted by Gasteiger charge is 2.35. The minimum Gasteiger partial charge on any atom is -0.495 e. The van der Waals surface area contributed by atoms with Crippen molar-refractivity contribution in [3.63, 3.8) is 0 Å². The molecule has 4 rings (SSSR count). The van der Waals surface area contributed by atoms with Gasteiger partial charge in [-0.1, -0.05) is 66.2 Å². The van der Waals surface area contributed by atoms with Crippen LogP contribution in [0.4, 0.5) is 10.1 Å². The van der Waals surface area contributed by atoms with E-state index in [4.69, 9.17) is 4.74 Å². The van der Waals surface area contributed by atoms with Crippen LogP contribution in [0.3, 0.4) is 0 Å². The number of likely N-dealkylation sites (N-methyl/N-ethyl adjacent to an activating group) is 1. The first kappa shape index (κ1) is 32.2. The molecule has 0 bridgehead atoms. The van der Waals surface area contributed by atoms with Gasteiger partial charge in [0.25, 0.3) is 10.0 Å². The van der Waals surface area contributed by atoms with Gasteiger partial charge in [0.2, 0.25) is 11.8 Å². The van der Waals surface area contributed by atoms with Crippen LogP contribution in [0.1, 0.15) is 22.3 Å². The van der Waals surface area contributed by atoms with Crippen molar-refractivity contribution >= 4 is 27.5 Å². The number of carbonyl (C=O) groups excluding carboxylic acids is 2. The summed E-state index contributed by atoms with van der Waals surface area (Å²) in [6, 6.07) is 25.2. The molecule has 8 nitrogen and oxygen atoms in total. The minimum absolute atomic E-state index is 0.00307. The van der Waals surface area contributed by atoms with E-state index in [2.05, 4.69) is 5.32 Å². The van der Waals surface area contributed by atoms with Crippen LogP contribution in [0, 0.1) is 19.7 Å². The maximum Gasteiger partial charge on any atom is 0.264 e. The molecule has 0 aliphatic rings. The Labute approximate surface area is 258 Å². The summed E-state index contributed by atoms with van der Waals surface area (Å²) in [4.78, 5) is 29.1.